The lowest BCUT2D eigenvalue weighted by atomic mass is 10.2. The SMILES string of the molecule is Cc1cccc(Nc2nncc(=O)n2NC(=O)c2ccccc2)c1. The molecule has 0 spiro atoms. The number of hydrogen-bond acceptors (Lipinski definition) is 5. The molecule has 0 aliphatic rings. The molecule has 0 saturated carbocycles. The number of benzene rings is 2. The molecule has 3 rings (SSSR count). The monoisotopic (exact) mass is 321 g/mol. The Morgan fingerprint density at radius 3 is 2.62 bits per heavy atom. The lowest BCUT2D eigenvalue weighted by molar-refractivity contribution is 0.101. The molecule has 0 unspecified atom stereocenters. The highest BCUT2D eigenvalue weighted by atomic mass is 16.2. The molecule has 0 radical (unpaired) electrons. The van der Waals surface area contributed by atoms with Crippen LogP contribution in [0.4, 0.5) is 11.6 Å². The van der Waals surface area contributed by atoms with Gasteiger partial charge < -0.3 is 5.32 Å². The molecule has 0 saturated heterocycles. The van der Waals surface area contributed by atoms with Gasteiger partial charge in [-0.3, -0.25) is 15.0 Å². The minimum absolute atomic E-state index is 0.123. The Bertz CT molecular complexity index is 922. The Kier molecular flexibility index (Phi) is 4.33. The average molecular weight is 321 g/mol. The van der Waals surface area contributed by atoms with E-state index < -0.39 is 11.5 Å². The molecule has 7 nitrogen and oxygen atoms in total. The molecule has 0 aliphatic heterocycles. The highest BCUT2D eigenvalue weighted by Gasteiger charge is 2.11. The molecule has 0 aliphatic carbocycles. The first kappa shape index (κ1) is 15.4. The van der Waals surface area contributed by atoms with Crippen LogP contribution in [0.15, 0.2) is 65.6 Å². The highest BCUT2D eigenvalue weighted by molar-refractivity contribution is 6.00. The van der Waals surface area contributed by atoms with E-state index in [1.54, 1.807) is 24.3 Å². The molecular weight excluding hydrogens is 306 g/mol. The molecule has 7 heteroatoms. The summed E-state index contributed by atoms with van der Waals surface area (Å²) >= 11 is 0. The Labute approximate surface area is 138 Å². The summed E-state index contributed by atoms with van der Waals surface area (Å²) < 4.78 is 1.03. The molecule has 3 aromatic rings. The average Bonchev–Trinajstić information content (AvgIpc) is 2.59. The van der Waals surface area contributed by atoms with Crippen molar-refractivity contribution in [3.05, 3.63) is 82.3 Å². The van der Waals surface area contributed by atoms with E-state index in [-0.39, 0.29) is 5.95 Å². The van der Waals surface area contributed by atoms with E-state index in [0.29, 0.717) is 5.56 Å². The van der Waals surface area contributed by atoms with E-state index in [9.17, 15) is 9.59 Å². The first-order valence-electron chi connectivity index (χ1n) is 7.28. The van der Waals surface area contributed by atoms with Crippen molar-refractivity contribution < 1.29 is 4.79 Å². The van der Waals surface area contributed by atoms with Crippen LogP contribution in [0.2, 0.25) is 0 Å². The third-order valence-electron chi connectivity index (χ3n) is 3.28. The summed E-state index contributed by atoms with van der Waals surface area (Å²) in [5.41, 5.74) is 4.25. The summed E-state index contributed by atoms with van der Waals surface area (Å²) in [6.45, 7) is 1.95. The number of hydrogen-bond donors (Lipinski definition) is 2. The van der Waals surface area contributed by atoms with Gasteiger partial charge in [0.05, 0.1) is 0 Å². The van der Waals surface area contributed by atoms with Gasteiger partial charge in [-0.1, -0.05) is 30.3 Å². The van der Waals surface area contributed by atoms with Gasteiger partial charge >= 0.3 is 0 Å². The molecule has 120 valence electrons. The van der Waals surface area contributed by atoms with Crippen LogP contribution in [0.25, 0.3) is 0 Å². The highest BCUT2D eigenvalue weighted by Crippen LogP contribution is 2.14. The third kappa shape index (κ3) is 3.46. The summed E-state index contributed by atoms with van der Waals surface area (Å²) in [6, 6.07) is 16.2. The Morgan fingerprint density at radius 2 is 1.88 bits per heavy atom. The minimum atomic E-state index is -0.496. The van der Waals surface area contributed by atoms with Crippen LogP contribution in [0.5, 0.6) is 0 Å². The second kappa shape index (κ2) is 6.74. The van der Waals surface area contributed by atoms with Gasteiger partial charge in [-0.05, 0) is 36.8 Å². The molecule has 1 heterocycles. The molecule has 2 aromatic carbocycles. The standard InChI is InChI=1S/C17H15N5O2/c1-12-6-5-9-14(10-12)19-17-20-18-11-15(23)22(17)21-16(24)13-7-3-2-4-8-13/h2-11H,1H3,(H,19,20)(H,21,24). The molecule has 24 heavy (non-hydrogen) atoms. The van der Waals surface area contributed by atoms with Gasteiger partial charge in [-0.25, -0.2) is 0 Å². The summed E-state index contributed by atoms with van der Waals surface area (Å²) in [7, 11) is 0. The first-order chi connectivity index (χ1) is 11.6. The maximum atomic E-state index is 12.3. The van der Waals surface area contributed by atoms with Crippen LogP contribution in [0.1, 0.15) is 15.9 Å². The van der Waals surface area contributed by atoms with Crippen LogP contribution in [-0.2, 0) is 0 Å². The topological polar surface area (TPSA) is 88.9 Å². The van der Waals surface area contributed by atoms with E-state index in [1.807, 2.05) is 37.3 Å². The quantitative estimate of drug-likeness (QED) is 0.768. The smallest absolute Gasteiger partial charge is 0.292 e. The van der Waals surface area contributed by atoms with Gasteiger partial charge in [0.25, 0.3) is 11.5 Å². The van der Waals surface area contributed by atoms with E-state index in [2.05, 4.69) is 20.9 Å². The van der Waals surface area contributed by atoms with E-state index >= 15 is 0 Å². The van der Waals surface area contributed by atoms with Crippen LogP contribution >= 0.6 is 0 Å². The molecule has 1 aromatic heterocycles. The van der Waals surface area contributed by atoms with Crippen LogP contribution in [-0.4, -0.2) is 20.8 Å². The van der Waals surface area contributed by atoms with Gasteiger partial charge in [0.1, 0.15) is 6.20 Å². The predicted molar refractivity (Wildman–Crippen MR) is 90.9 cm³/mol. The lowest BCUT2D eigenvalue weighted by Gasteiger charge is -2.13. The van der Waals surface area contributed by atoms with E-state index in [4.69, 9.17) is 0 Å². The summed E-state index contributed by atoms with van der Waals surface area (Å²) in [6.07, 6.45) is 1.03. The number of carbonyl (C=O) groups is 1. The zero-order valence-corrected chi connectivity index (χ0v) is 12.9. The van der Waals surface area contributed by atoms with Crippen molar-refractivity contribution in [2.24, 2.45) is 0 Å². The number of nitrogens with one attached hydrogen (secondary N) is 2. The summed E-state index contributed by atoms with van der Waals surface area (Å²) in [5.74, 6) is -0.296. The van der Waals surface area contributed by atoms with Crippen molar-refractivity contribution in [2.75, 3.05) is 10.7 Å². The van der Waals surface area contributed by atoms with Crippen LogP contribution in [0.3, 0.4) is 0 Å². The molecule has 1 amide bonds. The second-order valence-corrected chi connectivity index (χ2v) is 5.14. The van der Waals surface area contributed by atoms with Gasteiger partial charge in [0.2, 0.25) is 5.95 Å². The van der Waals surface area contributed by atoms with Crippen molar-refractivity contribution in [1.82, 2.24) is 14.9 Å². The number of carbonyl (C=O) groups excluding carboxylic acids is 1. The largest absolute Gasteiger partial charge is 0.323 e. The maximum Gasteiger partial charge on any atom is 0.292 e. The molecular formula is C17H15N5O2. The third-order valence-corrected chi connectivity index (χ3v) is 3.28. The lowest BCUT2D eigenvalue weighted by Crippen LogP contribution is -2.35. The summed E-state index contributed by atoms with van der Waals surface area (Å²) in [5, 5.41) is 10.5. The van der Waals surface area contributed by atoms with E-state index in [0.717, 1.165) is 22.1 Å². The normalized spacial score (nSPS) is 10.2. The molecule has 0 atom stereocenters. The van der Waals surface area contributed by atoms with Crippen LogP contribution < -0.4 is 16.3 Å². The van der Waals surface area contributed by atoms with Crippen molar-refractivity contribution in [1.29, 1.82) is 0 Å². The fourth-order valence-electron chi connectivity index (χ4n) is 2.14. The van der Waals surface area contributed by atoms with Crippen molar-refractivity contribution >= 4 is 17.5 Å². The Morgan fingerprint density at radius 1 is 1.08 bits per heavy atom. The fourth-order valence-corrected chi connectivity index (χ4v) is 2.14. The maximum absolute atomic E-state index is 12.3. The fraction of sp³-hybridized carbons (Fsp3) is 0.0588. The second-order valence-electron chi connectivity index (χ2n) is 5.14. The first-order valence-corrected chi connectivity index (χ1v) is 7.28. The van der Waals surface area contributed by atoms with Gasteiger partial charge in [0, 0.05) is 11.3 Å². The van der Waals surface area contributed by atoms with Crippen molar-refractivity contribution in [3.63, 3.8) is 0 Å². The molecule has 0 bridgehead atoms. The molecule has 0 fully saturated rings. The number of anilines is 2. The number of aryl methyl sites for hydroxylation is 1. The zero-order valence-electron chi connectivity index (χ0n) is 12.9. The van der Waals surface area contributed by atoms with Crippen molar-refractivity contribution in [2.45, 2.75) is 6.92 Å². The van der Waals surface area contributed by atoms with Crippen molar-refractivity contribution in [3.8, 4) is 0 Å². The van der Waals surface area contributed by atoms with Gasteiger partial charge in [-0.2, -0.15) is 4.68 Å². The molecule has 2 N–H and O–H groups in total. The number of nitrogens with zero attached hydrogens (tertiary/aromatic N) is 3. The number of aromatic nitrogens is 3. The Hall–Kier alpha value is -3.48. The van der Waals surface area contributed by atoms with Gasteiger partial charge in [0.15, 0.2) is 0 Å². The summed E-state index contributed by atoms with van der Waals surface area (Å²) in [4.78, 5) is 24.3. The zero-order chi connectivity index (χ0) is 16.9. The number of amides is 1. The predicted octanol–water partition coefficient (Wildman–Crippen LogP) is 2.07. The minimum Gasteiger partial charge on any atom is -0.323 e. The number of rotatable bonds is 4. The van der Waals surface area contributed by atoms with E-state index in [1.165, 1.54) is 0 Å². The Balaban J connectivity index is 1.90. The van der Waals surface area contributed by atoms with Gasteiger partial charge in [-0.15, -0.1) is 10.2 Å². The van der Waals surface area contributed by atoms with Crippen LogP contribution in [0, 0.1) is 6.92 Å².